The lowest BCUT2D eigenvalue weighted by Crippen LogP contribution is -2.39. The first kappa shape index (κ1) is 20.1. The predicted molar refractivity (Wildman–Crippen MR) is 121 cm³/mol. The van der Waals surface area contributed by atoms with E-state index in [4.69, 9.17) is 9.47 Å². The minimum Gasteiger partial charge on any atom is -0.486 e. The fourth-order valence-corrected chi connectivity index (χ4v) is 4.01. The van der Waals surface area contributed by atoms with Crippen LogP contribution < -0.4 is 14.8 Å². The molecule has 0 unspecified atom stereocenters. The van der Waals surface area contributed by atoms with Gasteiger partial charge in [-0.25, -0.2) is 0 Å². The van der Waals surface area contributed by atoms with Gasteiger partial charge in [-0.1, -0.05) is 24.3 Å². The van der Waals surface area contributed by atoms with Crippen LogP contribution in [0.5, 0.6) is 11.5 Å². The van der Waals surface area contributed by atoms with E-state index < -0.39 is 6.04 Å². The SMILES string of the molecule is O=C(N[C@@H](CO)Cc1c[nH]c2ccccc12)c1cc(-c2cccnc2)cc2c1OCCO2. The summed E-state index contributed by atoms with van der Waals surface area (Å²) >= 11 is 0. The largest absolute Gasteiger partial charge is 0.486 e. The van der Waals surface area contributed by atoms with Crippen molar-refractivity contribution in [3.63, 3.8) is 0 Å². The Morgan fingerprint density at radius 2 is 2.00 bits per heavy atom. The summed E-state index contributed by atoms with van der Waals surface area (Å²) in [6.07, 6.45) is 5.85. The number of aromatic amines is 1. The number of nitrogens with one attached hydrogen (secondary N) is 2. The number of aliphatic hydroxyl groups is 1. The summed E-state index contributed by atoms with van der Waals surface area (Å²) in [7, 11) is 0. The molecule has 1 aliphatic heterocycles. The van der Waals surface area contributed by atoms with E-state index in [-0.39, 0.29) is 12.5 Å². The molecule has 3 N–H and O–H groups in total. The lowest BCUT2D eigenvalue weighted by molar-refractivity contribution is 0.0906. The summed E-state index contributed by atoms with van der Waals surface area (Å²) in [6.45, 7) is 0.607. The van der Waals surface area contributed by atoms with E-state index in [9.17, 15) is 9.90 Å². The van der Waals surface area contributed by atoms with Gasteiger partial charge >= 0.3 is 0 Å². The van der Waals surface area contributed by atoms with E-state index in [0.717, 1.165) is 27.6 Å². The number of aliphatic hydroxyl groups excluding tert-OH is 1. The smallest absolute Gasteiger partial charge is 0.255 e. The van der Waals surface area contributed by atoms with Crippen LogP contribution in [0.15, 0.2) is 67.1 Å². The molecule has 7 heteroatoms. The number of ether oxygens (including phenoxy) is 2. The minimum atomic E-state index is -0.455. The van der Waals surface area contributed by atoms with Crippen LogP contribution in [-0.4, -0.2) is 46.8 Å². The number of nitrogens with zero attached hydrogens (tertiary/aromatic N) is 1. The van der Waals surface area contributed by atoms with Crippen LogP contribution in [0.2, 0.25) is 0 Å². The summed E-state index contributed by atoms with van der Waals surface area (Å²) in [5.74, 6) is 0.626. The molecule has 32 heavy (non-hydrogen) atoms. The molecule has 0 saturated carbocycles. The first-order chi connectivity index (χ1) is 15.7. The first-order valence-corrected chi connectivity index (χ1v) is 10.5. The van der Waals surface area contributed by atoms with Crippen molar-refractivity contribution in [3.05, 3.63) is 78.2 Å². The zero-order valence-corrected chi connectivity index (χ0v) is 17.4. The van der Waals surface area contributed by atoms with Crippen molar-refractivity contribution in [3.8, 4) is 22.6 Å². The average molecular weight is 429 g/mol. The zero-order valence-electron chi connectivity index (χ0n) is 17.4. The van der Waals surface area contributed by atoms with Crippen LogP contribution in [-0.2, 0) is 6.42 Å². The molecule has 2 aromatic heterocycles. The monoisotopic (exact) mass is 429 g/mol. The Bertz CT molecular complexity index is 1250. The predicted octanol–water partition coefficient (Wildman–Crippen LogP) is 3.33. The highest BCUT2D eigenvalue weighted by Crippen LogP contribution is 2.38. The third-order valence-corrected chi connectivity index (χ3v) is 5.58. The number of pyridine rings is 1. The van der Waals surface area contributed by atoms with Crippen LogP contribution >= 0.6 is 0 Å². The number of hydrogen-bond donors (Lipinski definition) is 3. The third kappa shape index (κ3) is 3.90. The van der Waals surface area contributed by atoms with Gasteiger partial charge in [0.1, 0.15) is 13.2 Å². The molecule has 7 nitrogen and oxygen atoms in total. The van der Waals surface area contributed by atoms with Gasteiger partial charge in [0.2, 0.25) is 0 Å². The Labute approximate surface area is 185 Å². The molecular formula is C25H23N3O4. The van der Waals surface area contributed by atoms with Gasteiger partial charge in [-0.15, -0.1) is 0 Å². The highest BCUT2D eigenvalue weighted by molar-refractivity contribution is 5.99. The number of amides is 1. The van der Waals surface area contributed by atoms with Crippen LogP contribution in [0.3, 0.4) is 0 Å². The molecule has 0 spiro atoms. The van der Waals surface area contributed by atoms with Crippen molar-refractivity contribution in [2.24, 2.45) is 0 Å². The molecule has 3 heterocycles. The molecule has 1 aliphatic rings. The van der Waals surface area contributed by atoms with E-state index in [2.05, 4.69) is 15.3 Å². The Morgan fingerprint density at radius 1 is 1.12 bits per heavy atom. The summed E-state index contributed by atoms with van der Waals surface area (Å²) in [5, 5.41) is 14.0. The van der Waals surface area contributed by atoms with Crippen LogP contribution in [0.4, 0.5) is 0 Å². The lowest BCUT2D eigenvalue weighted by Gasteiger charge is -2.23. The Hall–Kier alpha value is -3.84. The van der Waals surface area contributed by atoms with E-state index in [1.807, 2.05) is 48.7 Å². The average Bonchev–Trinajstić information content (AvgIpc) is 3.26. The number of fused-ring (bicyclic) bond motifs is 2. The maximum absolute atomic E-state index is 13.3. The van der Waals surface area contributed by atoms with Gasteiger partial charge in [0.25, 0.3) is 5.91 Å². The molecule has 0 saturated heterocycles. The maximum Gasteiger partial charge on any atom is 0.255 e. The standard InChI is InChI=1S/C25H23N3O4/c29-15-19(10-18-14-27-22-6-2-1-5-20(18)22)28-25(30)21-11-17(16-4-3-7-26-13-16)12-23-24(21)32-9-8-31-23/h1-7,11-14,19,27,29H,8-10,15H2,(H,28,30)/t19-/m1/s1. The number of hydrogen-bond acceptors (Lipinski definition) is 5. The van der Waals surface area contributed by atoms with Crippen molar-refractivity contribution in [1.82, 2.24) is 15.3 Å². The minimum absolute atomic E-state index is 0.187. The highest BCUT2D eigenvalue weighted by Gasteiger charge is 2.24. The highest BCUT2D eigenvalue weighted by atomic mass is 16.6. The number of carbonyl (C=O) groups excluding carboxylic acids is 1. The molecule has 2 aromatic carbocycles. The number of carbonyl (C=O) groups is 1. The van der Waals surface area contributed by atoms with Crippen LogP contribution in [0.25, 0.3) is 22.0 Å². The van der Waals surface area contributed by atoms with Crippen molar-refractivity contribution in [2.45, 2.75) is 12.5 Å². The fraction of sp³-hybridized carbons (Fsp3) is 0.200. The first-order valence-electron chi connectivity index (χ1n) is 10.5. The molecule has 0 aliphatic carbocycles. The molecular weight excluding hydrogens is 406 g/mol. The quantitative estimate of drug-likeness (QED) is 0.437. The second-order valence-electron chi connectivity index (χ2n) is 7.71. The molecule has 0 fully saturated rings. The molecule has 0 radical (unpaired) electrons. The maximum atomic E-state index is 13.3. The number of rotatable bonds is 6. The van der Waals surface area contributed by atoms with Crippen molar-refractivity contribution in [2.75, 3.05) is 19.8 Å². The Morgan fingerprint density at radius 3 is 2.84 bits per heavy atom. The van der Waals surface area contributed by atoms with Gasteiger partial charge in [0, 0.05) is 35.1 Å². The van der Waals surface area contributed by atoms with E-state index in [1.165, 1.54) is 0 Å². The van der Waals surface area contributed by atoms with Gasteiger partial charge in [-0.3, -0.25) is 9.78 Å². The van der Waals surface area contributed by atoms with E-state index in [0.29, 0.717) is 36.7 Å². The van der Waals surface area contributed by atoms with Gasteiger partial charge in [-0.05, 0) is 41.8 Å². The molecule has 4 aromatic rings. The van der Waals surface area contributed by atoms with Gasteiger partial charge < -0.3 is 24.9 Å². The zero-order chi connectivity index (χ0) is 21.9. The van der Waals surface area contributed by atoms with E-state index in [1.54, 1.807) is 18.5 Å². The van der Waals surface area contributed by atoms with Gasteiger partial charge in [0.15, 0.2) is 11.5 Å². The number of benzene rings is 2. The lowest BCUT2D eigenvalue weighted by atomic mass is 10.0. The molecule has 5 rings (SSSR count). The van der Waals surface area contributed by atoms with E-state index >= 15 is 0 Å². The summed E-state index contributed by atoms with van der Waals surface area (Å²) in [4.78, 5) is 20.7. The molecule has 1 amide bonds. The fourth-order valence-electron chi connectivity index (χ4n) is 4.01. The molecule has 1 atom stereocenters. The van der Waals surface area contributed by atoms with Crippen LogP contribution in [0, 0.1) is 0 Å². The molecule has 0 bridgehead atoms. The summed E-state index contributed by atoms with van der Waals surface area (Å²) in [5.41, 5.74) is 4.11. The Balaban J connectivity index is 1.43. The Kier molecular flexibility index (Phi) is 5.47. The van der Waals surface area contributed by atoms with Gasteiger partial charge in [0.05, 0.1) is 18.2 Å². The van der Waals surface area contributed by atoms with Crippen LogP contribution in [0.1, 0.15) is 15.9 Å². The number of aromatic nitrogens is 2. The van der Waals surface area contributed by atoms with Crippen molar-refractivity contribution >= 4 is 16.8 Å². The van der Waals surface area contributed by atoms with Crippen molar-refractivity contribution < 1.29 is 19.4 Å². The normalized spacial score (nSPS) is 13.7. The summed E-state index contributed by atoms with van der Waals surface area (Å²) in [6, 6.07) is 14.9. The van der Waals surface area contributed by atoms with Gasteiger partial charge in [-0.2, -0.15) is 0 Å². The summed E-state index contributed by atoms with van der Waals surface area (Å²) < 4.78 is 11.5. The number of H-pyrrole nitrogens is 1. The topological polar surface area (TPSA) is 96.5 Å². The second-order valence-corrected chi connectivity index (χ2v) is 7.71. The third-order valence-electron chi connectivity index (χ3n) is 5.58. The van der Waals surface area contributed by atoms with Crippen molar-refractivity contribution in [1.29, 1.82) is 0 Å². The number of para-hydroxylation sites is 1. The molecule has 162 valence electrons. The second kappa shape index (κ2) is 8.72.